The predicted molar refractivity (Wildman–Crippen MR) is 72.0 cm³/mol. The Morgan fingerprint density at radius 1 is 1.56 bits per heavy atom. The van der Waals surface area contributed by atoms with Gasteiger partial charge in [0.15, 0.2) is 0 Å². The van der Waals surface area contributed by atoms with E-state index in [9.17, 15) is 4.79 Å². The molecule has 1 aromatic rings. The van der Waals surface area contributed by atoms with E-state index >= 15 is 0 Å². The Morgan fingerprint density at radius 2 is 2.33 bits per heavy atom. The highest BCUT2D eigenvalue weighted by molar-refractivity contribution is 6.31. The van der Waals surface area contributed by atoms with Crippen molar-refractivity contribution in [2.24, 2.45) is 0 Å². The van der Waals surface area contributed by atoms with Gasteiger partial charge in [-0.1, -0.05) is 17.7 Å². The van der Waals surface area contributed by atoms with E-state index in [2.05, 4.69) is 5.32 Å². The number of rotatable bonds is 3. The molecule has 0 bridgehead atoms. The number of aryl methyl sites for hydroxylation is 1. The van der Waals surface area contributed by atoms with Crippen molar-refractivity contribution in [2.45, 2.75) is 19.4 Å². The molecule has 0 radical (unpaired) electrons. The Labute approximate surface area is 112 Å². The number of aliphatic hydroxyl groups is 1. The number of anilines is 1. The lowest BCUT2D eigenvalue weighted by Gasteiger charge is -2.33. The number of amides is 1. The third kappa shape index (κ3) is 2.66. The average Bonchev–Trinajstić information content (AvgIpc) is 2.36. The third-order valence-corrected chi connectivity index (χ3v) is 3.58. The van der Waals surface area contributed by atoms with Crippen molar-refractivity contribution in [3.63, 3.8) is 0 Å². The van der Waals surface area contributed by atoms with Gasteiger partial charge in [-0.15, -0.1) is 0 Å². The molecule has 4 nitrogen and oxygen atoms in total. The standard InChI is InChI=1S/C13H17ClN2O2/c1-9-2-3-10(8-11(9)14)16-6-5-15-12(4-7-17)13(16)18/h2-3,8,12,15,17H,4-7H2,1H3. The SMILES string of the molecule is Cc1ccc(N2CCNC(CCO)C2=O)cc1Cl. The summed E-state index contributed by atoms with van der Waals surface area (Å²) in [5.74, 6) is -0.00443. The molecule has 1 aromatic carbocycles. The van der Waals surface area contributed by atoms with Crippen LogP contribution in [0.25, 0.3) is 0 Å². The Bertz CT molecular complexity index is 449. The molecule has 0 aliphatic carbocycles. The summed E-state index contributed by atoms with van der Waals surface area (Å²) in [5, 5.41) is 12.7. The monoisotopic (exact) mass is 268 g/mol. The topological polar surface area (TPSA) is 52.6 Å². The second-order valence-electron chi connectivity index (χ2n) is 4.44. The smallest absolute Gasteiger partial charge is 0.244 e. The summed E-state index contributed by atoms with van der Waals surface area (Å²) in [6.07, 6.45) is 0.439. The molecule has 1 amide bonds. The van der Waals surface area contributed by atoms with Crippen molar-refractivity contribution >= 4 is 23.2 Å². The zero-order chi connectivity index (χ0) is 13.1. The van der Waals surface area contributed by atoms with Gasteiger partial charge in [0, 0.05) is 30.4 Å². The molecule has 98 valence electrons. The lowest BCUT2D eigenvalue weighted by Crippen LogP contribution is -2.55. The quantitative estimate of drug-likeness (QED) is 0.870. The molecule has 1 saturated heterocycles. The average molecular weight is 269 g/mol. The van der Waals surface area contributed by atoms with Gasteiger partial charge in [-0.25, -0.2) is 0 Å². The molecular weight excluding hydrogens is 252 g/mol. The van der Waals surface area contributed by atoms with Crippen molar-refractivity contribution in [3.8, 4) is 0 Å². The molecule has 1 atom stereocenters. The van der Waals surface area contributed by atoms with Crippen LogP contribution >= 0.6 is 11.6 Å². The van der Waals surface area contributed by atoms with Crippen molar-refractivity contribution in [1.82, 2.24) is 5.32 Å². The number of halogens is 1. The first-order chi connectivity index (χ1) is 8.63. The molecule has 2 N–H and O–H groups in total. The molecule has 1 aliphatic heterocycles. The molecule has 2 rings (SSSR count). The molecule has 1 fully saturated rings. The number of carbonyl (C=O) groups is 1. The van der Waals surface area contributed by atoms with Gasteiger partial charge in [0.2, 0.25) is 5.91 Å². The Hall–Kier alpha value is -1.10. The lowest BCUT2D eigenvalue weighted by atomic mass is 10.1. The van der Waals surface area contributed by atoms with Crippen LogP contribution in [-0.2, 0) is 4.79 Å². The number of nitrogens with one attached hydrogen (secondary N) is 1. The highest BCUT2D eigenvalue weighted by atomic mass is 35.5. The van der Waals surface area contributed by atoms with Gasteiger partial charge >= 0.3 is 0 Å². The van der Waals surface area contributed by atoms with Gasteiger partial charge in [0.25, 0.3) is 0 Å². The van der Waals surface area contributed by atoms with Gasteiger partial charge in [-0.2, -0.15) is 0 Å². The van der Waals surface area contributed by atoms with E-state index in [1.54, 1.807) is 4.90 Å². The largest absolute Gasteiger partial charge is 0.396 e. The highest BCUT2D eigenvalue weighted by Gasteiger charge is 2.28. The fourth-order valence-corrected chi connectivity index (χ4v) is 2.27. The molecule has 0 aromatic heterocycles. The molecular formula is C13H17ClN2O2. The molecule has 1 heterocycles. The number of hydrogen-bond acceptors (Lipinski definition) is 3. The van der Waals surface area contributed by atoms with Crippen LogP contribution in [0.15, 0.2) is 18.2 Å². The summed E-state index contributed by atoms with van der Waals surface area (Å²) in [7, 11) is 0. The normalized spacial score (nSPS) is 20.3. The first-order valence-electron chi connectivity index (χ1n) is 6.05. The highest BCUT2D eigenvalue weighted by Crippen LogP contribution is 2.24. The van der Waals surface area contributed by atoms with E-state index in [1.165, 1.54) is 0 Å². The van der Waals surface area contributed by atoms with E-state index in [0.717, 1.165) is 17.8 Å². The molecule has 18 heavy (non-hydrogen) atoms. The molecule has 1 aliphatic rings. The minimum atomic E-state index is -0.302. The van der Waals surface area contributed by atoms with Crippen LogP contribution in [0.1, 0.15) is 12.0 Å². The third-order valence-electron chi connectivity index (χ3n) is 3.18. The second-order valence-corrected chi connectivity index (χ2v) is 4.85. The number of aliphatic hydroxyl groups excluding tert-OH is 1. The maximum absolute atomic E-state index is 12.2. The van der Waals surface area contributed by atoms with Crippen LogP contribution in [0.2, 0.25) is 5.02 Å². The molecule has 5 heteroatoms. The van der Waals surface area contributed by atoms with Crippen LogP contribution < -0.4 is 10.2 Å². The van der Waals surface area contributed by atoms with Gasteiger partial charge in [-0.05, 0) is 31.0 Å². The maximum Gasteiger partial charge on any atom is 0.244 e. The Balaban J connectivity index is 2.21. The van der Waals surface area contributed by atoms with Crippen molar-refractivity contribution in [3.05, 3.63) is 28.8 Å². The number of carbonyl (C=O) groups excluding carboxylic acids is 1. The zero-order valence-electron chi connectivity index (χ0n) is 10.3. The van der Waals surface area contributed by atoms with Crippen LogP contribution in [-0.4, -0.2) is 36.8 Å². The lowest BCUT2D eigenvalue weighted by molar-refractivity contribution is -0.122. The van der Waals surface area contributed by atoms with E-state index in [1.807, 2.05) is 25.1 Å². The van der Waals surface area contributed by atoms with E-state index in [4.69, 9.17) is 16.7 Å². The second kappa shape index (κ2) is 5.69. The van der Waals surface area contributed by atoms with Crippen LogP contribution in [0.5, 0.6) is 0 Å². The summed E-state index contributed by atoms with van der Waals surface area (Å²) in [6, 6.07) is 5.33. The Kier molecular flexibility index (Phi) is 4.22. The zero-order valence-corrected chi connectivity index (χ0v) is 11.1. The number of nitrogens with zero attached hydrogens (tertiary/aromatic N) is 1. The predicted octanol–water partition coefficient (Wildman–Crippen LogP) is 1.34. The first-order valence-corrected chi connectivity index (χ1v) is 6.43. The fraction of sp³-hybridized carbons (Fsp3) is 0.462. The molecule has 1 unspecified atom stereocenters. The van der Waals surface area contributed by atoms with Crippen LogP contribution in [0.4, 0.5) is 5.69 Å². The number of piperazine rings is 1. The van der Waals surface area contributed by atoms with Crippen LogP contribution in [0, 0.1) is 6.92 Å². The van der Waals surface area contributed by atoms with Crippen molar-refractivity contribution in [2.75, 3.05) is 24.6 Å². The molecule has 0 spiro atoms. The minimum Gasteiger partial charge on any atom is -0.396 e. The number of benzene rings is 1. The van der Waals surface area contributed by atoms with Gasteiger partial charge < -0.3 is 15.3 Å². The van der Waals surface area contributed by atoms with E-state index < -0.39 is 0 Å². The summed E-state index contributed by atoms with van der Waals surface area (Å²) in [6.45, 7) is 3.29. The van der Waals surface area contributed by atoms with Gasteiger partial charge in [0.05, 0.1) is 6.04 Å². The summed E-state index contributed by atoms with van der Waals surface area (Å²) in [4.78, 5) is 13.9. The van der Waals surface area contributed by atoms with E-state index in [0.29, 0.717) is 18.0 Å². The summed E-state index contributed by atoms with van der Waals surface area (Å²) in [5.41, 5.74) is 1.81. The molecule has 0 saturated carbocycles. The van der Waals surface area contributed by atoms with Crippen molar-refractivity contribution in [1.29, 1.82) is 0 Å². The van der Waals surface area contributed by atoms with Crippen LogP contribution in [0.3, 0.4) is 0 Å². The van der Waals surface area contributed by atoms with E-state index in [-0.39, 0.29) is 18.6 Å². The first kappa shape index (κ1) is 13.3. The Morgan fingerprint density at radius 3 is 3.00 bits per heavy atom. The number of hydrogen-bond donors (Lipinski definition) is 2. The van der Waals surface area contributed by atoms with Crippen molar-refractivity contribution < 1.29 is 9.90 Å². The van der Waals surface area contributed by atoms with Gasteiger partial charge in [0.1, 0.15) is 0 Å². The fourth-order valence-electron chi connectivity index (χ4n) is 2.10. The maximum atomic E-state index is 12.2. The summed E-state index contributed by atoms with van der Waals surface area (Å²) >= 11 is 6.08. The van der Waals surface area contributed by atoms with Gasteiger partial charge in [-0.3, -0.25) is 4.79 Å². The minimum absolute atomic E-state index is 0.00443. The summed E-state index contributed by atoms with van der Waals surface area (Å²) < 4.78 is 0.